The average molecular weight is 288 g/mol. The first-order chi connectivity index (χ1) is 10.0. The number of ether oxygens (including phenoxy) is 1. The molecule has 0 amide bonds. The van der Waals surface area contributed by atoms with Gasteiger partial charge in [-0.3, -0.25) is 19.4 Å². The number of methoxy groups -OCH3 is 1. The Kier molecular flexibility index (Phi) is 4.22. The highest BCUT2D eigenvalue weighted by Gasteiger charge is 2.04. The van der Waals surface area contributed by atoms with Crippen molar-refractivity contribution in [3.8, 4) is 5.75 Å². The van der Waals surface area contributed by atoms with Crippen LogP contribution in [0.1, 0.15) is 5.56 Å². The fraction of sp³-hybridized carbons (Fsp3) is 0.214. The van der Waals surface area contributed by atoms with Gasteiger partial charge in [0.15, 0.2) is 0 Å². The number of hydrogen-bond acceptors (Lipinski definition) is 5. The molecule has 0 bridgehead atoms. The highest BCUT2D eigenvalue weighted by molar-refractivity contribution is 5.80. The van der Waals surface area contributed by atoms with Crippen molar-refractivity contribution in [1.29, 1.82) is 0 Å². The average Bonchev–Trinajstić information content (AvgIpc) is 2.50. The molecule has 7 nitrogen and oxygen atoms in total. The predicted molar refractivity (Wildman–Crippen MR) is 81.3 cm³/mol. The molecule has 0 fully saturated rings. The monoisotopic (exact) mass is 288 g/mol. The summed E-state index contributed by atoms with van der Waals surface area (Å²) in [5.41, 5.74) is -0.00178. The van der Waals surface area contributed by atoms with Crippen LogP contribution in [0.15, 0.2) is 45.0 Å². The molecule has 0 aliphatic heterocycles. The fourth-order valence-corrected chi connectivity index (χ4v) is 1.62. The van der Waals surface area contributed by atoms with Crippen LogP contribution in [0.3, 0.4) is 0 Å². The lowest BCUT2D eigenvalue weighted by atomic mass is 10.2. The van der Waals surface area contributed by atoms with E-state index in [-0.39, 0.29) is 5.56 Å². The molecule has 21 heavy (non-hydrogen) atoms. The number of anilines is 1. The Hall–Kier alpha value is -2.83. The van der Waals surface area contributed by atoms with Crippen molar-refractivity contribution in [2.24, 2.45) is 12.1 Å². The zero-order chi connectivity index (χ0) is 15.4. The molecule has 0 spiro atoms. The summed E-state index contributed by atoms with van der Waals surface area (Å²) in [6, 6.07) is 8.65. The number of aromatic nitrogens is 2. The van der Waals surface area contributed by atoms with Gasteiger partial charge < -0.3 is 4.74 Å². The number of nitrogens with one attached hydrogen (secondary N) is 1. The van der Waals surface area contributed by atoms with Gasteiger partial charge in [-0.2, -0.15) is 5.10 Å². The normalized spacial score (nSPS) is 10.8. The SMILES string of the molecule is COc1ccc(C=NN(C)c2cc(=O)n(C)c(=O)[nH]2)cc1. The summed E-state index contributed by atoms with van der Waals surface area (Å²) in [7, 11) is 4.65. The molecule has 110 valence electrons. The minimum atomic E-state index is -0.482. The topological polar surface area (TPSA) is 79.7 Å². The molecule has 0 radical (unpaired) electrons. The third-order valence-electron chi connectivity index (χ3n) is 2.97. The number of nitrogens with zero attached hydrogens (tertiary/aromatic N) is 3. The molecule has 2 aromatic rings. The molecule has 0 saturated heterocycles. The van der Waals surface area contributed by atoms with Crippen LogP contribution in [-0.2, 0) is 7.05 Å². The molecule has 1 aromatic heterocycles. The maximum atomic E-state index is 11.6. The lowest BCUT2D eigenvalue weighted by molar-refractivity contribution is 0.415. The smallest absolute Gasteiger partial charge is 0.329 e. The first kappa shape index (κ1) is 14.6. The van der Waals surface area contributed by atoms with Gasteiger partial charge in [-0.15, -0.1) is 0 Å². The van der Waals surface area contributed by atoms with Crippen LogP contribution in [0.4, 0.5) is 5.82 Å². The zero-order valence-corrected chi connectivity index (χ0v) is 12.0. The van der Waals surface area contributed by atoms with Gasteiger partial charge in [-0.1, -0.05) is 0 Å². The second-order valence-corrected chi connectivity index (χ2v) is 4.40. The van der Waals surface area contributed by atoms with Crippen LogP contribution in [0.25, 0.3) is 0 Å². The van der Waals surface area contributed by atoms with Crippen molar-refractivity contribution in [2.75, 3.05) is 19.2 Å². The molecule has 0 unspecified atom stereocenters. The minimum Gasteiger partial charge on any atom is -0.497 e. The Morgan fingerprint density at radius 3 is 2.52 bits per heavy atom. The van der Waals surface area contributed by atoms with Gasteiger partial charge in [0.1, 0.15) is 11.6 Å². The largest absolute Gasteiger partial charge is 0.497 e. The Morgan fingerprint density at radius 2 is 1.95 bits per heavy atom. The summed E-state index contributed by atoms with van der Waals surface area (Å²) in [5, 5.41) is 5.60. The number of benzene rings is 1. The molecular formula is C14H16N4O3. The number of aromatic amines is 1. The zero-order valence-electron chi connectivity index (χ0n) is 12.0. The van der Waals surface area contributed by atoms with E-state index in [9.17, 15) is 9.59 Å². The van der Waals surface area contributed by atoms with Crippen LogP contribution in [-0.4, -0.2) is 29.9 Å². The quantitative estimate of drug-likeness (QED) is 0.658. The number of hydrazone groups is 1. The summed E-state index contributed by atoms with van der Waals surface area (Å²) < 4.78 is 6.06. The highest BCUT2D eigenvalue weighted by Crippen LogP contribution is 2.10. The van der Waals surface area contributed by atoms with E-state index in [1.807, 2.05) is 24.3 Å². The molecule has 0 aliphatic rings. The minimum absolute atomic E-state index is 0.327. The van der Waals surface area contributed by atoms with Crippen LogP contribution < -0.4 is 21.0 Å². The van der Waals surface area contributed by atoms with Gasteiger partial charge in [0.05, 0.1) is 13.3 Å². The van der Waals surface area contributed by atoms with Gasteiger partial charge in [0, 0.05) is 20.2 Å². The van der Waals surface area contributed by atoms with Crippen LogP contribution in [0.5, 0.6) is 5.75 Å². The second kappa shape index (κ2) is 6.08. The van der Waals surface area contributed by atoms with E-state index in [4.69, 9.17) is 4.74 Å². The van der Waals surface area contributed by atoms with Gasteiger partial charge in [0.25, 0.3) is 5.56 Å². The molecule has 1 aromatic carbocycles. The molecular weight excluding hydrogens is 272 g/mol. The lowest BCUT2D eigenvalue weighted by Gasteiger charge is -2.12. The molecule has 0 saturated carbocycles. The first-order valence-electron chi connectivity index (χ1n) is 6.23. The summed E-state index contributed by atoms with van der Waals surface area (Å²) in [5.74, 6) is 1.09. The van der Waals surface area contributed by atoms with Crippen LogP contribution in [0.2, 0.25) is 0 Å². The maximum absolute atomic E-state index is 11.6. The molecule has 1 N–H and O–H groups in total. The Labute approximate surface area is 121 Å². The van der Waals surface area contributed by atoms with E-state index in [2.05, 4.69) is 10.1 Å². The number of H-pyrrole nitrogens is 1. The molecule has 1 heterocycles. The van der Waals surface area contributed by atoms with Gasteiger partial charge >= 0.3 is 5.69 Å². The number of hydrogen-bond donors (Lipinski definition) is 1. The van der Waals surface area contributed by atoms with E-state index >= 15 is 0 Å². The van der Waals surface area contributed by atoms with Crippen molar-refractivity contribution in [3.63, 3.8) is 0 Å². The van der Waals surface area contributed by atoms with E-state index in [0.717, 1.165) is 15.9 Å². The fourth-order valence-electron chi connectivity index (χ4n) is 1.62. The summed E-state index contributed by atoms with van der Waals surface area (Å²) >= 11 is 0. The summed E-state index contributed by atoms with van der Waals surface area (Å²) in [6.07, 6.45) is 1.62. The van der Waals surface area contributed by atoms with Crippen LogP contribution in [0, 0.1) is 0 Å². The van der Waals surface area contributed by atoms with Crippen molar-refractivity contribution in [3.05, 3.63) is 56.7 Å². The van der Waals surface area contributed by atoms with E-state index in [1.165, 1.54) is 18.1 Å². The maximum Gasteiger partial charge on any atom is 0.329 e. The molecule has 0 atom stereocenters. The second-order valence-electron chi connectivity index (χ2n) is 4.40. The Bertz CT molecular complexity index is 728. The van der Waals surface area contributed by atoms with Crippen molar-refractivity contribution in [1.82, 2.24) is 9.55 Å². The number of rotatable bonds is 4. The third-order valence-corrected chi connectivity index (χ3v) is 2.97. The third kappa shape index (κ3) is 3.38. The van der Waals surface area contributed by atoms with Crippen molar-refractivity contribution < 1.29 is 4.74 Å². The Balaban J connectivity index is 2.20. The molecule has 7 heteroatoms. The van der Waals surface area contributed by atoms with Gasteiger partial charge in [0.2, 0.25) is 0 Å². The van der Waals surface area contributed by atoms with E-state index < -0.39 is 5.69 Å². The summed E-state index contributed by atoms with van der Waals surface area (Å²) in [4.78, 5) is 25.7. The van der Waals surface area contributed by atoms with Crippen molar-refractivity contribution in [2.45, 2.75) is 0 Å². The van der Waals surface area contributed by atoms with E-state index in [1.54, 1.807) is 20.4 Å². The first-order valence-corrected chi connectivity index (χ1v) is 6.23. The van der Waals surface area contributed by atoms with Gasteiger partial charge in [-0.05, 0) is 29.8 Å². The lowest BCUT2D eigenvalue weighted by Crippen LogP contribution is -2.33. The van der Waals surface area contributed by atoms with Gasteiger partial charge in [-0.25, -0.2) is 4.79 Å². The Morgan fingerprint density at radius 1 is 1.29 bits per heavy atom. The van der Waals surface area contributed by atoms with Crippen molar-refractivity contribution >= 4 is 12.0 Å². The standard InChI is InChI=1S/C14H16N4O3/c1-17-13(19)8-12(16-14(17)20)18(2)15-9-10-4-6-11(21-3)7-5-10/h4-9H,1-3H3,(H,16,20). The van der Waals surface area contributed by atoms with E-state index in [0.29, 0.717) is 5.82 Å². The summed E-state index contributed by atoms with van der Waals surface area (Å²) in [6.45, 7) is 0. The molecule has 2 rings (SSSR count). The molecule has 0 aliphatic carbocycles. The van der Waals surface area contributed by atoms with Crippen LogP contribution >= 0.6 is 0 Å². The predicted octanol–water partition coefficient (Wildman–Crippen LogP) is 0.552. The highest BCUT2D eigenvalue weighted by atomic mass is 16.5.